The Kier molecular flexibility index (Phi) is 8.35. The third kappa shape index (κ3) is 7.20. The summed E-state index contributed by atoms with van der Waals surface area (Å²) in [6.07, 6.45) is 7.82. The zero-order chi connectivity index (χ0) is 24.6. The third-order valence-corrected chi connectivity index (χ3v) is 7.25. The molecule has 5 rings (SSSR count). The van der Waals surface area contributed by atoms with Crippen LogP contribution in [0.3, 0.4) is 0 Å². The van der Waals surface area contributed by atoms with Crippen molar-refractivity contribution < 1.29 is 9.53 Å². The van der Waals surface area contributed by atoms with Crippen LogP contribution in [-0.4, -0.2) is 37.0 Å². The van der Waals surface area contributed by atoms with Crippen molar-refractivity contribution in [2.75, 3.05) is 26.2 Å². The maximum absolute atomic E-state index is 12.9. The molecule has 1 fully saturated rings. The van der Waals surface area contributed by atoms with E-state index in [9.17, 15) is 4.79 Å². The highest BCUT2D eigenvalue weighted by Crippen LogP contribution is 2.31. The van der Waals surface area contributed by atoms with Gasteiger partial charge in [0.15, 0.2) is 0 Å². The number of fused-ring (bicyclic) bond motifs is 3. The Labute approximate surface area is 215 Å². The van der Waals surface area contributed by atoms with E-state index in [4.69, 9.17) is 4.74 Å². The van der Waals surface area contributed by atoms with Gasteiger partial charge in [0.25, 0.3) is 5.91 Å². The van der Waals surface area contributed by atoms with Crippen LogP contribution in [0.1, 0.15) is 64.7 Å². The summed E-state index contributed by atoms with van der Waals surface area (Å²) in [5.74, 6) is 1.77. The van der Waals surface area contributed by atoms with Crippen LogP contribution < -0.4 is 10.1 Å². The molecule has 36 heavy (non-hydrogen) atoms. The minimum Gasteiger partial charge on any atom is -0.493 e. The second kappa shape index (κ2) is 12.2. The van der Waals surface area contributed by atoms with Gasteiger partial charge in [0.05, 0.1) is 6.61 Å². The summed E-state index contributed by atoms with van der Waals surface area (Å²) in [5.41, 5.74) is 5.64. The number of carbonyl (C=O) groups excluding carboxylic acids is 1. The Balaban J connectivity index is 1.30. The first-order valence-corrected chi connectivity index (χ1v) is 13.6. The van der Waals surface area contributed by atoms with Crippen LogP contribution >= 0.6 is 0 Å². The van der Waals surface area contributed by atoms with Crippen LogP contribution in [0.25, 0.3) is 0 Å². The molecule has 0 radical (unpaired) electrons. The van der Waals surface area contributed by atoms with Crippen molar-refractivity contribution >= 4 is 5.91 Å². The smallest absolute Gasteiger partial charge is 0.251 e. The van der Waals surface area contributed by atoms with Crippen molar-refractivity contribution in [1.29, 1.82) is 0 Å². The summed E-state index contributed by atoms with van der Waals surface area (Å²) in [6, 6.07) is 25.1. The molecule has 1 aliphatic heterocycles. The van der Waals surface area contributed by atoms with Gasteiger partial charge >= 0.3 is 0 Å². The summed E-state index contributed by atoms with van der Waals surface area (Å²) < 4.78 is 6.23. The average Bonchev–Trinajstić information content (AvgIpc) is 3.71. The fourth-order valence-corrected chi connectivity index (χ4v) is 5.08. The van der Waals surface area contributed by atoms with Crippen LogP contribution in [0.15, 0.2) is 72.8 Å². The number of ether oxygens (including phenoxy) is 1. The molecule has 1 aliphatic carbocycles. The van der Waals surface area contributed by atoms with Crippen molar-refractivity contribution in [1.82, 2.24) is 10.2 Å². The number of benzene rings is 3. The number of amides is 1. The van der Waals surface area contributed by atoms with Gasteiger partial charge in [0, 0.05) is 31.6 Å². The second-order valence-corrected chi connectivity index (χ2v) is 10.4. The maximum Gasteiger partial charge on any atom is 0.251 e. The minimum absolute atomic E-state index is 0.0300. The number of hydrogen-bond donors (Lipinski definition) is 1. The Morgan fingerprint density at radius 2 is 1.78 bits per heavy atom. The van der Waals surface area contributed by atoms with Gasteiger partial charge in [-0.3, -0.25) is 9.69 Å². The Morgan fingerprint density at radius 3 is 2.64 bits per heavy atom. The standard InChI is InChI=1S/C32H38N2O2/c35-32(33-17-16-25-8-3-1-4-9-25)29-14-15-31-30(22-29)21-27-10-7-11-28(20-27)24-34(23-26-12-13-26)18-5-2-6-19-36-31/h1,3-4,7-11,14-15,20,22,26H,2,5-6,12-13,16-19,21,23-24H2,(H,33,35). The molecule has 1 N–H and O–H groups in total. The van der Waals surface area contributed by atoms with Crippen LogP contribution in [0.2, 0.25) is 0 Å². The molecule has 0 atom stereocenters. The van der Waals surface area contributed by atoms with Crippen molar-refractivity contribution in [3.05, 3.63) is 101 Å². The fourth-order valence-electron chi connectivity index (χ4n) is 5.08. The highest BCUT2D eigenvalue weighted by atomic mass is 16.5. The van der Waals surface area contributed by atoms with Crippen LogP contribution in [-0.2, 0) is 19.4 Å². The molecule has 0 spiro atoms. The van der Waals surface area contributed by atoms with E-state index in [-0.39, 0.29) is 5.91 Å². The van der Waals surface area contributed by atoms with Crippen molar-refractivity contribution in [3.63, 3.8) is 0 Å². The average molecular weight is 483 g/mol. The largest absolute Gasteiger partial charge is 0.493 e. The molecule has 0 aromatic heterocycles. The van der Waals surface area contributed by atoms with Crippen LogP contribution in [0.4, 0.5) is 0 Å². The lowest BCUT2D eigenvalue weighted by Gasteiger charge is -2.23. The van der Waals surface area contributed by atoms with E-state index in [0.717, 1.165) is 49.6 Å². The fraction of sp³-hybridized carbons (Fsp3) is 0.406. The lowest BCUT2D eigenvalue weighted by atomic mass is 9.99. The van der Waals surface area contributed by atoms with E-state index < -0.39 is 0 Å². The first kappa shape index (κ1) is 24.6. The molecule has 1 amide bonds. The quantitative estimate of drug-likeness (QED) is 0.467. The number of nitrogens with one attached hydrogen (secondary N) is 1. The van der Waals surface area contributed by atoms with E-state index in [1.165, 1.54) is 55.5 Å². The summed E-state index contributed by atoms with van der Waals surface area (Å²) in [4.78, 5) is 15.6. The Bertz CT molecular complexity index is 1140. The van der Waals surface area contributed by atoms with Crippen molar-refractivity contribution in [2.45, 2.75) is 51.5 Å². The zero-order valence-corrected chi connectivity index (χ0v) is 21.3. The van der Waals surface area contributed by atoms with Crippen LogP contribution in [0.5, 0.6) is 5.75 Å². The maximum atomic E-state index is 12.9. The predicted octanol–water partition coefficient (Wildman–Crippen LogP) is 6.02. The van der Waals surface area contributed by atoms with Gasteiger partial charge in [0.2, 0.25) is 0 Å². The van der Waals surface area contributed by atoms with Crippen LogP contribution in [0, 0.1) is 5.92 Å². The molecular formula is C32H38N2O2. The topological polar surface area (TPSA) is 41.6 Å². The lowest BCUT2D eigenvalue weighted by molar-refractivity contribution is 0.0954. The van der Waals surface area contributed by atoms with Gasteiger partial charge in [-0.15, -0.1) is 0 Å². The monoisotopic (exact) mass is 482 g/mol. The molecule has 3 aromatic carbocycles. The molecule has 4 nitrogen and oxygen atoms in total. The van der Waals surface area contributed by atoms with E-state index in [2.05, 4.69) is 46.6 Å². The highest BCUT2D eigenvalue weighted by Gasteiger charge is 2.24. The van der Waals surface area contributed by atoms with E-state index in [0.29, 0.717) is 12.1 Å². The van der Waals surface area contributed by atoms with Gasteiger partial charge in [-0.2, -0.15) is 0 Å². The molecule has 4 heteroatoms. The first-order chi connectivity index (χ1) is 17.7. The summed E-state index contributed by atoms with van der Waals surface area (Å²) >= 11 is 0. The summed E-state index contributed by atoms with van der Waals surface area (Å²) in [5, 5.41) is 3.08. The van der Waals surface area contributed by atoms with Gasteiger partial charge in [0.1, 0.15) is 5.75 Å². The molecular weight excluding hydrogens is 444 g/mol. The number of nitrogens with zero attached hydrogens (tertiary/aromatic N) is 1. The van der Waals surface area contributed by atoms with E-state index >= 15 is 0 Å². The molecule has 1 saturated carbocycles. The SMILES string of the molecule is O=C(NCCc1ccccc1)c1ccc2c(c1)Cc1cccc(c1)CN(CC1CC1)CCCCCO2. The Hall–Kier alpha value is -3.11. The summed E-state index contributed by atoms with van der Waals surface area (Å²) in [7, 11) is 0. The molecule has 0 saturated heterocycles. The van der Waals surface area contributed by atoms with E-state index in [1.54, 1.807) is 0 Å². The molecule has 2 bridgehead atoms. The molecule has 1 heterocycles. The van der Waals surface area contributed by atoms with E-state index in [1.807, 2.05) is 36.4 Å². The normalized spacial score (nSPS) is 16.9. The lowest BCUT2D eigenvalue weighted by Crippen LogP contribution is -2.27. The number of carbonyl (C=O) groups is 1. The number of hydrogen-bond acceptors (Lipinski definition) is 3. The highest BCUT2D eigenvalue weighted by molar-refractivity contribution is 5.94. The van der Waals surface area contributed by atoms with Gasteiger partial charge in [-0.25, -0.2) is 0 Å². The molecule has 2 aliphatic rings. The summed E-state index contributed by atoms with van der Waals surface area (Å²) in [6.45, 7) is 4.76. The zero-order valence-electron chi connectivity index (χ0n) is 21.3. The van der Waals surface area contributed by atoms with Crippen molar-refractivity contribution in [3.8, 4) is 5.75 Å². The Morgan fingerprint density at radius 1 is 0.917 bits per heavy atom. The van der Waals surface area contributed by atoms with Gasteiger partial charge in [-0.05, 0) is 91.4 Å². The number of rotatable bonds is 6. The predicted molar refractivity (Wildman–Crippen MR) is 146 cm³/mol. The third-order valence-electron chi connectivity index (χ3n) is 7.25. The molecule has 0 unspecified atom stereocenters. The van der Waals surface area contributed by atoms with Crippen molar-refractivity contribution in [2.24, 2.45) is 5.92 Å². The van der Waals surface area contributed by atoms with Gasteiger partial charge < -0.3 is 10.1 Å². The van der Waals surface area contributed by atoms with Gasteiger partial charge in [-0.1, -0.05) is 54.6 Å². The second-order valence-electron chi connectivity index (χ2n) is 10.4. The first-order valence-electron chi connectivity index (χ1n) is 13.6. The molecule has 3 aromatic rings. The minimum atomic E-state index is -0.0300. The molecule has 188 valence electrons.